The number of rotatable bonds is 5. The van der Waals surface area contributed by atoms with Crippen LogP contribution in [-0.2, 0) is 9.59 Å². The number of furan rings is 1. The molecule has 2 aromatic rings. The monoisotopic (exact) mass is 383 g/mol. The van der Waals surface area contributed by atoms with Crippen LogP contribution < -0.4 is 10.6 Å². The second-order valence-corrected chi connectivity index (χ2v) is 7.06. The molecule has 7 heteroatoms. The average molecular weight is 383 g/mol. The SMILES string of the molecule is C[C@@H](NC(=O)C(=O)NCC1CCN(C(=O)c2ccoc2)CC1)c1ccccc1. The maximum Gasteiger partial charge on any atom is 0.309 e. The van der Waals surface area contributed by atoms with Gasteiger partial charge in [0.15, 0.2) is 0 Å². The van der Waals surface area contributed by atoms with E-state index in [1.165, 1.54) is 12.5 Å². The van der Waals surface area contributed by atoms with Crippen molar-refractivity contribution in [1.82, 2.24) is 15.5 Å². The molecular formula is C21H25N3O4. The highest BCUT2D eigenvalue weighted by Gasteiger charge is 2.25. The fourth-order valence-corrected chi connectivity index (χ4v) is 3.31. The lowest BCUT2D eigenvalue weighted by Crippen LogP contribution is -2.45. The molecule has 3 amide bonds. The largest absolute Gasteiger partial charge is 0.472 e. The summed E-state index contributed by atoms with van der Waals surface area (Å²) in [6.07, 6.45) is 4.50. The summed E-state index contributed by atoms with van der Waals surface area (Å²) in [6, 6.07) is 10.9. The average Bonchev–Trinajstić information content (AvgIpc) is 3.27. The van der Waals surface area contributed by atoms with Crippen LogP contribution in [0.25, 0.3) is 0 Å². The summed E-state index contributed by atoms with van der Waals surface area (Å²) in [5.74, 6) is -1.05. The van der Waals surface area contributed by atoms with Gasteiger partial charge in [0.2, 0.25) is 0 Å². The van der Waals surface area contributed by atoms with E-state index in [-0.39, 0.29) is 17.9 Å². The number of nitrogens with one attached hydrogen (secondary N) is 2. The zero-order valence-electron chi connectivity index (χ0n) is 15.9. The van der Waals surface area contributed by atoms with Gasteiger partial charge in [0, 0.05) is 19.6 Å². The van der Waals surface area contributed by atoms with Gasteiger partial charge in [-0.15, -0.1) is 0 Å². The molecule has 0 saturated carbocycles. The number of hydrogen-bond donors (Lipinski definition) is 2. The summed E-state index contributed by atoms with van der Waals surface area (Å²) in [7, 11) is 0. The molecule has 1 fully saturated rings. The van der Waals surface area contributed by atoms with E-state index in [2.05, 4.69) is 10.6 Å². The molecule has 3 rings (SSSR count). The van der Waals surface area contributed by atoms with Crippen molar-refractivity contribution in [3.8, 4) is 0 Å². The third-order valence-electron chi connectivity index (χ3n) is 5.07. The lowest BCUT2D eigenvalue weighted by Gasteiger charge is -2.31. The Labute approximate surface area is 164 Å². The van der Waals surface area contributed by atoms with Crippen LogP contribution in [0.15, 0.2) is 53.3 Å². The van der Waals surface area contributed by atoms with E-state index in [0.717, 1.165) is 18.4 Å². The van der Waals surface area contributed by atoms with Crippen molar-refractivity contribution in [1.29, 1.82) is 0 Å². The van der Waals surface area contributed by atoms with Gasteiger partial charge < -0.3 is 20.0 Å². The van der Waals surface area contributed by atoms with Crippen LogP contribution in [0.2, 0.25) is 0 Å². The van der Waals surface area contributed by atoms with Crippen LogP contribution >= 0.6 is 0 Å². The van der Waals surface area contributed by atoms with Crippen molar-refractivity contribution in [3.05, 3.63) is 60.1 Å². The normalized spacial score (nSPS) is 15.7. The summed E-state index contributed by atoms with van der Waals surface area (Å²) in [6.45, 7) is 3.52. The van der Waals surface area contributed by atoms with Gasteiger partial charge in [-0.25, -0.2) is 0 Å². The molecule has 0 aliphatic carbocycles. The molecule has 2 heterocycles. The van der Waals surface area contributed by atoms with Gasteiger partial charge in [-0.1, -0.05) is 30.3 Å². The Balaban J connectivity index is 1.39. The molecule has 7 nitrogen and oxygen atoms in total. The van der Waals surface area contributed by atoms with Crippen molar-refractivity contribution in [2.75, 3.05) is 19.6 Å². The Kier molecular flexibility index (Phi) is 6.47. The number of carbonyl (C=O) groups is 3. The fourth-order valence-electron chi connectivity index (χ4n) is 3.31. The summed E-state index contributed by atoms with van der Waals surface area (Å²) < 4.78 is 4.96. The Morgan fingerprint density at radius 3 is 2.46 bits per heavy atom. The molecule has 1 aliphatic heterocycles. The maximum absolute atomic E-state index is 12.3. The standard InChI is InChI=1S/C21H25N3O4/c1-15(17-5-3-2-4-6-17)23-20(26)19(25)22-13-16-7-10-24(11-8-16)21(27)18-9-12-28-14-18/h2-6,9,12,14-16H,7-8,10-11,13H2,1H3,(H,22,25)(H,23,26)/t15-/m1/s1. The van der Waals surface area contributed by atoms with Gasteiger partial charge in [0.05, 0.1) is 17.9 Å². The molecule has 1 saturated heterocycles. The zero-order valence-corrected chi connectivity index (χ0v) is 15.9. The summed E-state index contributed by atoms with van der Waals surface area (Å²) in [5.41, 5.74) is 1.49. The number of piperidine rings is 1. The number of amides is 3. The second-order valence-electron chi connectivity index (χ2n) is 7.06. The van der Waals surface area contributed by atoms with Crippen molar-refractivity contribution < 1.29 is 18.8 Å². The lowest BCUT2D eigenvalue weighted by atomic mass is 9.96. The first kappa shape index (κ1) is 19.7. The molecule has 28 heavy (non-hydrogen) atoms. The Morgan fingerprint density at radius 2 is 1.82 bits per heavy atom. The third-order valence-corrected chi connectivity index (χ3v) is 5.07. The van der Waals surface area contributed by atoms with Crippen LogP contribution in [0, 0.1) is 5.92 Å². The first-order chi connectivity index (χ1) is 13.5. The number of carbonyl (C=O) groups excluding carboxylic acids is 3. The molecule has 148 valence electrons. The highest BCUT2D eigenvalue weighted by Crippen LogP contribution is 2.18. The third kappa shape index (κ3) is 5.00. The van der Waals surface area contributed by atoms with Crippen molar-refractivity contribution in [3.63, 3.8) is 0 Å². The number of likely N-dealkylation sites (tertiary alicyclic amines) is 1. The molecule has 1 aliphatic rings. The van der Waals surface area contributed by atoms with Gasteiger partial charge >= 0.3 is 11.8 Å². The lowest BCUT2D eigenvalue weighted by molar-refractivity contribution is -0.139. The van der Waals surface area contributed by atoms with Gasteiger partial charge in [0.1, 0.15) is 6.26 Å². The quantitative estimate of drug-likeness (QED) is 0.774. The minimum Gasteiger partial charge on any atom is -0.472 e. The molecule has 1 aromatic heterocycles. The maximum atomic E-state index is 12.3. The first-order valence-electron chi connectivity index (χ1n) is 9.49. The molecule has 0 spiro atoms. The molecule has 2 N–H and O–H groups in total. The van der Waals surface area contributed by atoms with Crippen molar-refractivity contribution >= 4 is 17.7 Å². The minimum atomic E-state index is -0.635. The number of nitrogens with zero attached hydrogens (tertiary/aromatic N) is 1. The van der Waals surface area contributed by atoms with E-state index in [1.54, 1.807) is 11.0 Å². The molecule has 0 radical (unpaired) electrons. The van der Waals surface area contributed by atoms with E-state index >= 15 is 0 Å². The van der Waals surface area contributed by atoms with Gasteiger partial charge in [-0.05, 0) is 37.3 Å². The number of hydrogen-bond acceptors (Lipinski definition) is 4. The number of benzene rings is 1. The van der Waals surface area contributed by atoms with E-state index in [1.807, 2.05) is 37.3 Å². The van der Waals surface area contributed by atoms with E-state index in [0.29, 0.717) is 25.2 Å². The molecule has 1 atom stereocenters. The topological polar surface area (TPSA) is 91.7 Å². The smallest absolute Gasteiger partial charge is 0.309 e. The van der Waals surface area contributed by atoms with Crippen molar-refractivity contribution in [2.24, 2.45) is 5.92 Å². The fraction of sp³-hybridized carbons (Fsp3) is 0.381. The second kappa shape index (κ2) is 9.21. The Morgan fingerprint density at radius 1 is 1.11 bits per heavy atom. The summed E-state index contributed by atoms with van der Waals surface area (Å²) in [5, 5.41) is 5.42. The summed E-state index contributed by atoms with van der Waals surface area (Å²) in [4.78, 5) is 38.2. The van der Waals surface area contributed by atoms with Crippen LogP contribution in [0.3, 0.4) is 0 Å². The highest BCUT2D eigenvalue weighted by molar-refractivity contribution is 6.35. The predicted octanol–water partition coefficient (Wildman–Crippen LogP) is 2.13. The Hall–Kier alpha value is -3.09. The van der Waals surface area contributed by atoms with Gasteiger partial charge in [-0.2, -0.15) is 0 Å². The predicted molar refractivity (Wildman–Crippen MR) is 103 cm³/mol. The van der Waals surface area contributed by atoms with Crippen LogP contribution in [0.4, 0.5) is 0 Å². The molecule has 0 unspecified atom stereocenters. The zero-order chi connectivity index (χ0) is 19.9. The Bertz CT molecular complexity index is 796. The molecule has 1 aromatic carbocycles. The van der Waals surface area contributed by atoms with Gasteiger partial charge in [-0.3, -0.25) is 14.4 Å². The van der Waals surface area contributed by atoms with Crippen LogP contribution in [-0.4, -0.2) is 42.3 Å². The highest BCUT2D eigenvalue weighted by atomic mass is 16.3. The minimum absolute atomic E-state index is 0.0366. The van der Waals surface area contributed by atoms with Gasteiger partial charge in [0.25, 0.3) is 5.91 Å². The molecular weight excluding hydrogens is 358 g/mol. The first-order valence-corrected chi connectivity index (χ1v) is 9.49. The van der Waals surface area contributed by atoms with Crippen molar-refractivity contribution in [2.45, 2.75) is 25.8 Å². The van der Waals surface area contributed by atoms with Crippen LogP contribution in [0.1, 0.15) is 41.7 Å². The van der Waals surface area contributed by atoms with Crippen LogP contribution in [0.5, 0.6) is 0 Å². The van der Waals surface area contributed by atoms with E-state index in [4.69, 9.17) is 4.42 Å². The summed E-state index contributed by atoms with van der Waals surface area (Å²) >= 11 is 0. The van der Waals surface area contributed by atoms with E-state index < -0.39 is 11.8 Å². The van der Waals surface area contributed by atoms with E-state index in [9.17, 15) is 14.4 Å². The molecule has 0 bridgehead atoms.